The van der Waals surface area contributed by atoms with Crippen molar-refractivity contribution in [2.75, 3.05) is 13.2 Å². The third-order valence-electron chi connectivity index (χ3n) is 1.62. The van der Waals surface area contributed by atoms with E-state index in [0.717, 1.165) is 12.8 Å². The Bertz CT molecular complexity index is 208. The molecule has 0 rings (SSSR count). The van der Waals surface area contributed by atoms with Gasteiger partial charge in [0.2, 0.25) is 0 Å². The van der Waals surface area contributed by atoms with Crippen LogP contribution in [0.3, 0.4) is 0 Å². The van der Waals surface area contributed by atoms with Gasteiger partial charge in [0.05, 0.1) is 13.2 Å². The summed E-state index contributed by atoms with van der Waals surface area (Å²) in [7, 11) is 0. The smallest absolute Gasteiger partial charge is 0.407 e. The number of amides is 1. The molecule has 4 heteroatoms. The van der Waals surface area contributed by atoms with E-state index in [0.29, 0.717) is 13.2 Å². The summed E-state index contributed by atoms with van der Waals surface area (Å²) in [4.78, 5) is 10.9. The number of nitrogens with one attached hydrogen (secondary N) is 1. The van der Waals surface area contributed by atoms with Crippen molar-refractivity contribution in [1.29, 1.82) is 0 Å². The summed E-state index contributed by atoms with van der Waals surface area (Å²) < 4.78 is 7.57. The Labute approximate surface area is 99.1 Å². The lowest BCUT2D eigenvalue weighted by atomic mass is 10.2. The molecule has 0 heterocycles. The van der Waals surface area contributed by atoms with E-state index in [-0.39, 0.29) is 6.09 Å². The lowest BCUT2D eigenvalue weighted by molar-refractivity contribution is 0.145. The second kappa shape index (κ2) is 10.6. The Kier molecular flexibility index (Phi) is 10.3. The van der Waals surface area contributed by atoms with Crippen molar-refractivity contribution in [2.24, 2.45) is 0 Å². The standard InChI is InChI=1S/C10H16INO2/c1-2-3-4-5-9-14-10(13)12-8-6-7-11/h2-5,8-9H2,1H3,(H,12,13). The summed E-state index contributed by atoms with van der Waals surface area (Å²) in [5.41, 5.74) is 0. The van der Waals surface area contributed by atoms with Crippen LogP contribution in [0.25, 0.3) is 0 Å². The molecule has 0 aliphatic carbocycles. The quantitative estimate of drug-likeness (QED) is 0.465. The third-order valence-corrected chi connectivity index (χ3v) is 2.00. The maximum absolute atomic E-state index is 10.9. The Morgan fingerprint density at radius 2 is 2.21 bits per heavy atom. The monoisotopic (exact) mass is 309 g/mol. The van der Waals surface area contributed by atoms with E-state index in [1.54, 1.807) is 0 Å². The first-order valence-electron chi connectivity index (χ1n) is 4.80. The number of carbonyl (C=O) groups excluding carboxylic acids is 1. The van der Waals surface area contributed by atoms with Crippen LogP contribution in [0.15, 0.2) is 0 Å². The van der Waals surface area contributed by atoms with Crippen LogP contribution in [0, 0.1) is 9.85 Å². The molecule has 0 saturated heterocycles. The van der Waals surface area contributed by atoms with E-state index in [2.05, 4.69) is 22.1 Å². The second-order valence-corrected chi connectivity index (χ2v) is 3.36. The summed E-state index contributed by atoms with van der Waals surface area (Å²) in [6.45, 7) is 3.01. The molecule has 0 aliphatic heterocycles. The summed E-state index contributed by atoms with van der Waals surface area (Å²) >= 11 is 1.92. The van der Waals surface area contributed by atoms with Crippen molar-refractivity contribution in [3.8, 4) is 9.85 Å². The largest absolute Gasteiger partial charge is 0.450 e. The molecule has 1 N–H and O–H groups in total. The molecule has 0 aromatic carbocycles. The number of carbonyl (C=O) groups is 1. The van der Waals surface area contributed by atoms with Gasteiger partial charge in [-0.15, -0.1) is 0 Å². The Morgan fingerprint density at radius 1 is 1.43 bits per heavy atom. The molecule has 14 heavy (non-hydrogen) atoms. The van der Waals surface area contributed by atoms with Crippen LogP contribution in [0.2, 0.25) is 0 Å². The van der Waals surface area contributed by atoms with Crippen molar-refractivity contribution in [3.63, 3.8) is 0 Å². The minimum atomic E-state index is -0.374. The van der Waals surface area contributed by atoms with E-state index < -0.39 is 0 Å². The number of halogens is 1. The molecule has 0 aliphatic rings. The number of hydrogen-bond donors (Lipinski definition) is 1. The molecule has 0 spiro atoms. The van der Waals surface area contributed by atoms with E-state index in [1.165, 1.54) is 12.8 Å². The Hall–Kier alpha value is -0.440. The lowest BCUT2D eigenvalue weighted by Gasteiger charge is -2.03. The van der Waals surface area contributed by atoms with Gasteiger partial charge in [-0.1, -0.05) is 32.1 Å². The molecule has 80 valence electrons. The van der Waals surface area contributed by atoms with Gasteiger partial charge in [0.15, 0.2) is 0 Å². The summed E-state index contributed by atoms with van der Waals surface area (Å²) in [5.74, 6) is 2.71. The fourth-order valence-electron chi connectivity index (χ4n) is 0.895. The van der Waals surface area contributed by atoms with Gasteiger partial charge < -0.3 is 10.1 Å². The zero-order valence-corrected chi connectivity index (χ0v) is 10.6. The minimum absolute atomic E-state index is 0.358. The van der Waals surface area contributed by atoms with Gasteiger partial charge in [0.1, 0.15) is 0 Å². The van der Waals surface area contributed by atoms with Gasteiger partial charge in [-0.25, -0.2) is 4.79 Å². The zero-order valence-electron chi connectivity index (χ0n) is 8.44. The first-order chi connectivity index (χ1) is 6.81. The van der Waals surface area contributed by atoms with Crippen LogP contribution in [-0.2, 0) is 4.74 Å². The zero-order chi connectivity index (χ0) is 10.6. The molecule has 0 aromatic heterocycles. The van der Waals surface area contributed by atoms with E-state index >= 15 is 0 Å². The number of rotatable bonds is 6. The minimum Gasteiger partial charge on any atom is -0.450 e. The highest BCUT2D eigenvalue weighted by molar-refractivity contribution is 14.1. The van der Waals surface area contributed by atoms with Crippen LogP contribution in [0.4, 0.5) is 4.79 Å². The van der Waals surface area contributed by atoms with Gasteiger partial charge in [-0.2, -0.15) is 0 Å². The third kappa shape index (κ3) is 9.65. The Balaban J connectivity index is 3.21. The molecule has 0 saturated carbocycles. The molecule has 0 bridgehead atoms. The van der Waals surface area contributed by atoms with Crippen LogP contribution in [-0.4, -0.2) is 19.2 Å². The first-order valence-corrected chi connectivity index (χ1v) is 5.88. The Morgan fingerprint density at radius 3 is 2.86 bits per heavy atom. The predicted molar refractivity (Wildman–Crippen MR) is 65.3 cm³/mol. The summed E-state index contributed by atoms with van der Waals surface area (Å²) in [5, 5.41) is 2.53. The van der Waals surface area contributed by atoms with Gasteiger partial charge in [0, 0.05) is 22.6 Å². The van der Waals surface area contributed by atoms with Crippen molar-refractivity contribution in [2.45, 2.75) is 32.6 Å². The van der Waals surface area contributed by atoms with E-state index in [4.69, 9.17) is 4.74 Å². The van der Waals surface area contributed by atoms with Crippen LogP contribution >= 0.6 is 22.6 Å². The number of alkyl carbamates (subject to hydrolysis) is 1. The van der Waals surface area contributed by atoms with Gasteiger partial charge in [0.25, 0.3) is 0 Å². The number of hydrogen-bond acceptors (Lipinski definition) is 2. The van der Waals surface area contributed by atoms with Crippen LogP contribution in [0.5, 0.6) is 0 Å². The molecule has 3 nitrogen and oxygen atoms in total. The molecule has 1 amide bonds. The first kappa shape index (κ1) is 13.6. The molecule has 0 radical (unpaired) electrons. The highest BCUT2D eigenvalue weighted by Crippen LogP contribution is 1.98. The SMILES string of the molecule is CCCCCCOC(=O)NCC#CI. The van der Waals surface area contributed by atoms with Crippen molar-refractivity contribution >= 4 is 28.7 Å². The summed E-state index contributed by atoms with van der Waals surface area (Å²) in [6, 6.07) is 0. The molecular weight excluding hydrogens is 293 g/mol. The maximum atomic E-state index is 10.9. The van der Waals surface area contributed by atoms with Gasteiger partial charge in [-0.3, -0.25) is 0 Å². The van der Waals surface area contributed by atoms with Crippen LogP contribution in [0.1, 0.15) is 32.6 Å². The number of ether oxygens (including phenoxy) is 1. The topological polar surface area (TPSA) is 38.3 Å². The maximum Gasteiger partial charge on any atom is 0.407 e. The fourth-order valence-corrected chi connectivity index (χ4v) is 1.09. The molecule has 0 fully saturated rings. The van der Waals surface area contributed by atoms with Gasteiger partial charge in [-0.05, 0) is 10.3 Å². The van der Waals surface area contributed by atoms with Crippen molar-refractivity contribution in [1.82, 2.24) is 5.32 Å². The fraction of sp³-hybridized carbons (Fsp3) is 0.700. The molecule has 0 atom stereocenters. The van der Waals surface area contributed by atoms with Crippen LogP contribution < -0.4 is 5.32 Å². The predicted octanol–water partition coefficient (Wildman–Crippen LogP) is 2.69. The average Bonchev–Trinajstić information content (AvgIpc) is 2.18. The van der Waals surface area contributed by atoms with Gasteiger partial charge >= 0.3 is 6.09 Å². The van der Waals surface area contributed by atoms with Crippen molar-refractivity contribution in [3.05, 3.63) is 0 Å². The molecule has 0 unspecified atom stereocenters. The molecule has 0 aromatic rings. The number of unbranched alkanes of at least 4 members (excludes halogenated alkanes) is 3. The second-order valence-electron chi connectivity index (χ2n) is 2.82. The summed E-state index contributed by atoms with van der Waals surface area (Å²) in [6.07, 6.45) is 4.08. The highest BCUT2D eigenvalue weighted by atomic mass is 127. The van der Waals surface area contributed by atoms with E-state index in [1.807, 2.05) is 22.6 Å². The van der Waals surface area contributed by atoms with Crippen molar-refractivity contribution < 1.29 is 9.53 Å². The normalized spacial score (nSPS) is 8.71. The van der Waals surface area contributed by atoms with E-state index in [9.17, 15) is 4.79 Å². The average molecular weight is 309 g/mol. The highest BCUT2D eigenvalue weighted by Gasteiger charge is 1.98. The lowest BCUT2D eigenvalue weighted by Crippen LogP contribution is -2.24. The molecular formula is C10H16INO2.